The number of hydrogen-bond donors (Lipinski definition) is 2. The van der Waals surface area contributed by atoms with E-state index in [0.717, 1.165) is 23.7 Å². The van der Waals surface area contributed by atoms with E-state index in [4.69, 9.17) is 5.11 Å². The summed E-state index contributed by atoms with van der Waals surface area (Å²) in [5, 5.41) is 12.3. The molecule has 0 saturated heterocycles. The first-order valence-electron chi connectivity index (χ1n) is 5.98. The van der Waals surface area contributed by atoms with Crippen LogP contribution in [0.15, 0.2) is 18.2 Å². The summed E-state index contributed by atoms with van der Waals surface area (Å²) in [5.41, 5.74) is 2.85. The highest BCUT2D eigenvalue weighted by Crippen LogP contribution is 2.51. The molecular formula is C14H19NO2. The first kappa shape index (κ1) is 12.0. The number of carbonyl (C=O) groups is 1. The molecule has 1 aromatic carbocycles. The molecule has 0 bridgehead atoms. The monoisotopic (exact) mass is 233 g/mol. The summed E-state index contributed by atoms with van der Waals surface area (Å²) in [6.07, 6.45) is 1.27. The van der Waals surface area contributed by atoms with E-state index in [9.17, 15) is 4.79 Å². The number of carboxylic acid groups (broad SMARTS) is 1. The normalized spacial score (nSPS) is 21.0. The number of anilines is 1. The Morgan fingerprint density at radius 2 is 2.18 bits per heavy atom. The van der Waals surface area contributed by atoms with Crippen LogP contribution in [0.1, 0.15) is 36.2 Å². The van der Waals surface area contributed by atoms with Crippen LogP contribution in [0.3, 0.4) is 0 Å². The number of nitrogens with one attached hydrogen (secondary N) is 1. The first-order chi connectivity index (χ1) is 7.90. The van der Waals surface area contributed by atoms with Crippen molar-refractivity contribution >= 4 is 11.7 Å². The molecule has 92 valence electrons. The van der Waals surface area contributed by atoms with E-state index in [0.29, 0.717) is 11.0 Å². The molecule has 0 radical (unpaired) electrons. The molecule has 1 fully saturated rings. The zero-order chi connectivity index (χ0) is 12.6. The number of hydrogen-bond acceptors (Lipinski definition) is 2. The lowest BCUT2D eigenvalue weighted by Crippen LogP contribution is -2.08. The second-order valence-electron chi connectivity index (χ2n) is 5.61. The molecule has 0 amide bonds. The van der Waals surface area contributed by atoms with Crippen LogP contribution in [0, 0.1) is 18.3 Å². The van der Waals surface area contributed by atoms with Gasteiger partial charge in [-0.05, 0) is 48.4 Å². The second-order valence-corrected chi connectivity index (χ2v) is 5.61. The van der Waals surface area contributed by atoms with Gasteiger partial charge in [-0.1, -0.05) is 13.8 Å². The zero-order valence-corrected chi connectivity index (χ0v) is 10.6. The fourth-order valence-electron chi connectivity index (χ4n) is 2.15. The lowest BCUT2D eigenvalue weighted by Gasteiger charge is -2.11. The van der Waals surface area contributed by atoms with Crippen LogP contribution in [-0.2, 0) is 0 Å². The molecule has 1 atom stereocenters. The van der Waals surface area contributed by atoms with Crippen LogP contribution in [-0.4, -0.2) is 17.6 Å². The maximum atomic E-state index is 10.8. The molecule has 17 heavy (non-hydrogen) atoms. The number of aromatic carboxylic acids is 1. The predicted octanol–water partition coefficient (Wildman–Crippen LogP) is 3.15. The Morgan fingerprint density at radius 3 is 2.65 bits per heavy atom. The number of carboxylic acids is 1. The molecule has 1 saturated carbocycles. The van der Waals surface area contributed by atoms with Crippen LogP contribution in [0.5, 0.6) is 0 Å². The van der Waals surface area contributed by atoms with Gasteiger partial charge in [0.05, 0.1) is 5.56 Å². The van der Waals surface area contributed by atoms with E-state index < -0.39 is 5.97 Å². The Morgan fingerprint density at radius 1 is 1.53 bits per heavy atom. The molecule has 0 spiro atoms. The topological polar surface area (TPSA) is 49.3 Å². The van der Waals surface area contributed by atoms with E-state index >= 15 is 0 Å². The van der Waals surface area contributed by atoms with Crippen LogP contribution in [0.25, 0.3) is 0 Å². The van der Waals surface area contributed by atoms with Gasteiger partial charge < -0.3 is 10.4 Å². The van der Waals surface area contributed by atoms with Gasteiger partial charge in [0.1, 0.15) is 0 Å². The lowest BCUT2D eigenvalue weighted by atomic mass is 10.1. The van der Waals surface area contributed by atoms with Gasteiger partial charge in [-0.15, -0.1) is 0 Å². The van der Waals surface area contributed by atoms with Crippen molar-refractivity contribution in [2.45, 2.75) is 27.2 Å². The van der Waals surface area contributed by atoms with Gasteiger partial charge >= 0.3 is 5.97 Å². The highest BCUT2D eigenvalue weighted by Gasteiger charge is 2.44. The van der Waals surface area contributed by atoms with Crippen LogP contribution in [0.2, 0.25) is 0 Å². The Kier molecular flexibility index (Phi) is 2.86. The molecule has 0 aliphatic heterocycles. The summed E-state index contributed by atoms with van der Waals surface area (Å²) >= 11 is 0. The third kappa shape index (κ3) is 2.60. The predicted molar refractivity (Wildman–Crippen MR) is 68.5 cm³/mol. The largest absolute Gasteiger partial charge is 0.478 e. The second kappa shape index (κ2) is 4.06. The SMILES string of the molecule is Cc1cc(C(=O)O)ccc1NCC1CC1(C)C. The highest BCUT2D eigenvalue weighted by atomic mass is 16.4. The van der Waals surface area contributed by atoms with E-state index in [1.807, 2.05) is 13.0 Å². The zero-order valence-electron chi connectivity index (χ0n) is 10.6. The molecule has 1 unspecified atom stereocenters. The number of rotatable bonds is 4. The van der Waals surface area contributed by atoms with Gasteiger partial charge in [0, 0.05) is 12.2 Å². The third-order valence-electron chi connectivity index (χ3n) is 3.73. The molecule has 1 aliphatic carbocycles. The molecule has 3 heteroatoms. The van der Waals surface area contributed by atoms with Crippen molar-refractivity contribution in [1.29, 1.82) is 0 Å². The minimum absolute atomic E-state index is 0.347. The van der Waals surface area contributed by atoms with Crippen molar-refractivity contribution in [2.75, 3.05) is 11.9 Å². The average molecular weight is 233 g/mol. The third-order valence-corrected chi connectivity index (χ3v) is 3.73. The van der Waals surface area contributed by atoms with Crippen LogP contribution >= 0.6 is 0 Å². The Balaban J connectivity index is 2.00. The summed E-state index contributed by atoms with van der Waals surface area (Å²) in [5.74, 6) is -0.135. The summed E-state index contributed by atoms with van der Waals surface area (Å²) < 4.78 is 0. The fraction of sp³-hybridized carbons (Fsp3) is 0.500. The summed E-state index contributed by atoms with van der Waals surface area (Å²) in [6.45, 7) is 7.46. The molecule has 2 N–H and O–H groups in total. The van der Waals surface area contributed by atoms with Crippen molar-refractivity contribution in [2.24, 2.45) is 11.3 Å². The lowest BCUT2D eigenvalue weighted by molar-refractivity contribution is 0.0697. The first-order valence-corrected chi connectivity index (χ1v) is 5.98. The summed E-state index contributed by atoms with van der Waals surface area (Å²) in [6, 6.07) is 5.21. The molecular weight excluding hydrogens is 214 g/mol. The van der Waals surface area contributed by atoms with E-state index in [-0.39, 0.29) is 0 Å². The average Bonchev–Trinajstić information content (AvgIpc) is 2.84. The number of aryl methyl sites for hydroxylation is 1. The molecule has 1 aliphatic rings. The van der Waals surface area contributed by atoms with E-state index in [2.05, 4.69) is 19.2 Å². The van der Waals surface area contributed by atoms with Crippen LogP contribution < -0.4 is 5.32 Å². The quantitative estimate of drug-likeness (QED) is 0.839. The molecule has 2 rings (SSSR count). The van der Waals surface area contributed by atoms with Crippen molar-refractivity contribution in [3.63, 3.8) is 0 Å². The molecule has 3 nitrogen and oxygen atoms in total. The van der Waals surface area contributed by atoms with Gasteiger partial charge in [-0.25, -0.2) is 4.79 Å². The van der Waals surface area contributed by atoms with E-state index in [1.165, 1.54) is 6.42 Å². The number of benzene rings is 1. The Hall–Kier alpha value is -1.51. The van der Waals surface area contributed by atoms with Gasteiger partial charge in [0.2, 0.25) is 0 Å². The standard InChI is InChI=1S/C14H19NO2/c1-9-6-10(13(16)17)4-5-12(9)15-8-11-7-14(11,2)3/h4-6,11,15H,7-8H2,1-3H3,(H,16,17). The van der Waals surface area contributed by atoms with E-state index in [1.54, 1.807) is 12.1 Å². The Labute approximate surface area is 102 Å². The minimum atomic E-state index is -0.872. The van der Waals surface area contributed by atoms with Crippen molar-refractivity contribution < 1.29 is 9.90 Å². The molecule has 0 aromatic heterocycles. The highest BCUT2D eigenvalue weighted by molar-refractivity contribution is 5.88. The summed E-state index contributed by atoms with van der Waals surface area (Å²) in [7, 11) is 0. The minimum Gasteiger partial charge on any atom is -0.478 e. The van der Waals surface area contributed by atoms with Crippen molar-refractivity contribution in [1.82, 2.24) is 0 Å². The van der Waals surface area contributed by atoms with Gasteiger partial charge in [0.15, 0.2) is 0 Å². The Bertz CT molecular complexity index is 452. The van der Waals surface area contributed by atoms with Crippen molar-refractivity contribution in [3.8, 4) is 0 Å². The van der Waals surface area contributed by atoms with Gasteiger partial charge in [0.25, 0.3) is 0 Å². The smallest absolute Gasteiger partial charge is 0.335 e. The molecule has 0 heterocycles. The van der Waals surface area contributed by atoms with Crippen molar-refractivity contribution in [3.05, 3.63) is 29.3 Å². The van der Waals surface area contributed by atoms with Gasteiger partial charge in [-0.2, -0.15) is 0 Å². The maximum Gasteiger partial charge on any atom is 0.335 e. The maximum absolute atomic E-state index is 10.8. The van der Waals surface area contributed by atoms with Crippen LogP contribution in [0.4, 0.5) is 5.69 Å². The van der Waals surface area contributed by atoms with Gasteiger partial charge in [-0.3, -0.25) is 0 Å². The fourth-order valence-corrected chi connectivity index (χ4v) is 2.15. The summed E-state index contributed by atoms with van der Waals surface area (Å²) in [4.78, 5) is 10.8. The molecule has 1 aromatic rings.